The minimum atomic E-state index is -3.95. The first kappa shape index (κ1) is 22.0. The van der Waals surface area contributed by atoms with Crippen LogP contribution in [0.5, 0.6) is 0 Å². The van der Waals surface area contributed by atoms with Crippen molar-refractivity contribution in [3.05, 3.63) is 102 Å². The third-order valence-corrected chi connectivity index (χ3v) is 6.79. The van der Waals surface area contributed by atoms with E-state index in [2.05, 4.69) is 29.4 Å². The molecule has 7 heteroatoms. The van der Waals surface area contributed by atoms with Crippen molar-refractivity contribution < 1.29 is 17.4 Å². The van der Waals surface area contributed by atoms with Gasteiger partial charge in [-0.05, 0) is 30.2 Å². The fourth-order valence-corrected chi connectivity index (χ4v) is 4.64. The smallest absolute Gasteiger partial charge is 0.300 e. The summed E-state index contributed by atoms with van der Waals surface area (Å²) in [6, 6.07) is 27.0. The highest BCUT2D eigenvalue weighted by Gasteiger charge is 2.30. The zero-order valence-corrected chi connectivity index (χ0v) is 18.9. The molecule has 0 radical (unpaired) electrons. The lowest BCUT2D eigenvalue weighted by molar-refractivity contribution is -0.0957. The highest BCUT2D eigenvalue weighted by atomic mass is 32.2. The Balaban J connectivity index is 1.50. The summed E-state index contributed by atoms with van der Waals surface area (Å²) in [4.78, 5) is 7.44. The highest BCUT2D eigenvalue weighted by Crippen LogP contribution is 2.30. The lowest BCUT2D eigenvalue weighted by Gasteiger charge is -2.31. The van der Waals surface area contributed by atoms with Crippen LogP contribution in [0.3, 0.4) is 0 Å². The first-order valence-corrected chi connectivity index (χ1v) is 11.9. The molecule has 32 heavy (non-hydrogen) atoms. The van der Waals surface area contributed by atoms with E-state index < -0.39 is 16.4 Å². The Hall–Kier alpha value is -3.16. The third-order valence-electron chi connectivity index (χ3n) is 5.47. The molecule has 1 heterocycles. The molecule has 0 spiro atoms. The maximum atomic E-state index is 12.6. The largest absolute Gasteiger partial charge is 0.359 e. The molecule has 6 nitrogen and oxygen atoms in total. The molecule has 4 rings (SSSR count). The summed E-state index contributed by atoms with van der Waals surface area (Å²) in [5, 5.41) is 4.23. The topological polar surface area (TPSA) is 68.2 Å². The Morgan fingerprint density at radius 2 is 1.53 bits per heavy atom. The maximum Gasteiger partial charge on any atom is 0.300 e. The van der Waals surface area contributed by atoms with E-state index in [1.165, 1.54) is 23.3 Å². The second kappa shape index (κ2) is 9.54. The van der Waals surface area contributed by atoms with Crippen LogP contribution in [0.1, 0.15) is 29.0 Å². The third kappa shape index (κ3) is 5.18. The fraction of sp³-hybridized carbons (Fsp3) is 0.240. The number of likely N-dealkylation sites (N-methyl/N-ethyl adjacent to an activating group) is 1. The van der Waals surface area contributed by atoms with Crippen molar-refractivity contribution in [1.82, 2.24) is 4.90 Å². The van der Waals surface area contributed by atoms with Gasteiger partial charge in [-0.1, -0.05) is 83.5 Å². The molecule has 0 saturated carbocycles. The van der Waals surface area contributed by atoms with E-state index in [9.17, 15) is 8.42 Å². The van der Waals surface area contributed by atoms with Crippen LogP contribution in [0.2, 0.25) is 0 Å². The van der Waals surface area contributed by atoms with E-state index in [4.69, 9.17) is 9.02 Å². The highest BCUT2D eigenvalue weighted by molar-refractivity contribution is 7.86. The zero-order valence-electron chi connectivity index (χ0n) is 18.1. The summed E-state index contributed by atoms with van der Waals surface area (Å²) in [7, 11) is -2.08. The van der Waals surface area contributed by atoms with Crippen LogP contribution in [0, 0.1) is 6.92 Å². The van der Waals surface area contributed by atoms with Gasteiger partial charge in [0.2, 0.25) is 0 Å². The van der Waals surface area contributed by atoms with E-state index in [0.717, 1.165) is 11.4 Å². The molecular weight excluding hydrogens is 424 g/mol. The number of aryl methyl sites for hydroxylation is 1. The number of benzene rings is 3. The average molecular weight is 451 g/mol. The van der Waals surface area contributed by atoms with Crippen molar-refractivity contribution in [2.24, 2.45) is 5.16 Å². The van der Waals surface area contributed by atoms with Crippen LogP contribution in [0.4, 0.5) is 0 Å². The molecule has 0 fully saturated rings. The van der Waals surface area contributed by atoms with Gasteiger partial charge in [-0.15, -0.1) is 0 Å². The van der Waals surface area contributed by atoms with E-state index in [1.54, 1.807) is 12.1 Å². The molecule has 0 amide bonds. The number of hydrogen-bond donors (Lipinski definition) is 0. The standard InChI is InChI=1S/C25H26N2O4S/c1-19-13-15-22(16-14-19)32(28,29)31-25-18-27(2)24(26-30-25)17-23(20-9-5-3-6-10-20)21-11-7-4-8-12-21/h3-16,23,25H,17-18H2,1-2H3. The van der Waals surface area contributed by atoms with Gasteiger partial charge in [-0.2, -0.15) is 8.42 Å². The van der Waals surface area contributed by atoms with Gasteiger partial charge in [0.15, 0.2) is 0 Å². The minimum Gasteiger partial charge on any atom is -0.359 e. The number of amidine groups is 1. The summed E-state index contributed by atoms with van der Waals surface area (Å²) in [5.74, 6) is 0.825. The Bertz CT molecular complexity index is 1120. The predicted molar refractivity (Wildman–Crippen MR) is 124 cm³/mol. The first-order chi connectivity index (χ1) is 15.4. The van der Waals surface area contributed by atoms with Gasteiger partial charge in [-0.3, -0.25) is 0 Å². The van der Waals surface area contributed by atoms with Gasteiger partial charge in [0.1, 0.15) is 5.84 Å². The van der Waals surface area contributed by atoms with Crippen LogP contribution >= 0.6 is 0 Å². The monoisotopic (exact) mass is 450 g/mol. The number of hydrogen-bond acceptors (Lipinski definition) is 6. The van der Waals surface area contributed by atoms with Crippen molar-refractivity contribution >= 4 is 16.0 Å². The maximum absolute atomic E-state index is 12.6. The number of oxime groups is 1. The molecule has 0 aromatic heterocycles. The van der Waals surface area contributed by atoms with Gasteiger partial charge in [0, 0.05) is 19.4 Å². The number of nitrogens with zero attached hydrogens (tertiary/aromatic N) is 2. The summed E-state index contributed by atoms with van der Waals surface area (Å²) < 4.78 is 30.5. The van der Waals surface area contributed by atoms with E-state index in [0.29, 0.717) is 6.42 Å². The van der Waals surface area contributed by atoms with Crippen molar-refractivity contribution in [1.29, 1.82) is 0 Å². The van der Waals surface area contributed by atoms with E-state index >= 15 is 0 Å². The van der Waals surface area contributed by atoms with E-state index in [1.807, 2.05) is 55.3 Å². The van der Waals surface area contributed by atoms with Gasteiger partial charge in [0.25, 0.3) is 16.4 Å². The van der Waals surface area contributed by atoms with Crippen molar-refractivity contribution in [2.45, 2.75) is 30.4 Å². The SMILES string of the molecule is Cc1ccc(S(=O)(=O)OC2CN(C)C(CC(c3ccccc3)c3ccccc3)=NO2)cc1. The lowest BCUT2D eigenvalue weighted by Crippen LogP contribution is -2.42. The van der Waals surface area contributed by atoms with Crippen LogP contribution < -0.4 is 0 Å². The van der Waals surface area contributed by atoms with Gasteiger partial charge in [-0.25, -0.2) is 4.18 Å². The minimum absolute atomic E-state index is 0.0935. The van der Waals surface area contributed by atoms with Crippen LogP contribution in [0.25, 0.3) is 0 Å². The second-order valence-corrected chi connectivity index (χ2v) is 9.44. The van der Waals surface area contributed by atoms with Gasteiger partial charge in [0.05, 0.1) is 11.4 Å². The molecule has 0 N–H and O–H groups in total. The van der Waals surface area contributed by atoms with Crippen molar-refractivity contribution in [3.8, 4) is 0 Å². The quantitative estimate of drug-likeness (QED) is 0.495. The molecule has 0 bridgehead atoms. The zero-order chi connectivity index (χ0) is 22.6. The lowest BCUT2D eigenvalue weighted by atomic mass is 9.88. The molecule has 3 aromatic carbocycles. The Labute approximate surface area is 189 Å². The summed E-state index contributed by atoms with van der Waals surface area (Å²) in [6.07, 6.45) is -0.399. The second-order valence-electron chi connectivity index (χ2n) is 7.86. The Kier molecular flexibility index (Phi) is 6.58. The van der Waals surface area contributed by atoms with Crippen LogP contribution in [-0.2, 0) is 19.1 Å². The molecule has 1 unspecified atom stereocenters. The van der Waals surface area contributed by atoms with Crippen LogP contribution in [0.15, 0.2) is 95.0 Å². The van der Waals surface area contributed by atoms with Crippen molar-refractivity contribution in [2.75, 3.05) is 13.6 Å². The Morgan fingerprint density at radius 3 is 2.06 bits per heavy atom. The summed E-state index contributed by atoms with van der Waals surface area (Å²) in [5.41, 5.74) is 3.32. The van der Waals surface area contributed by atoms with Crippen molar-refractivity contribution in [3.63, 3.8) is 0 Å². The number of rotatable bonds is 7. The molecule has 1 atom stereocenters. The molecule has 1 aliphatic heterocycles. The predicted octanol–water partition coefficient (Wildman–Crippen LogP) is 4.52. The van der Waals surface area contributed by atoms with Crippen LogP contribution in [-0.4, -0.2) is 39.0 Å². The molecule has 166 valence electrons. The molecule has 0 saturated heterocycles. The average Bonchev–Trinajstić information content (AvgIpc) is 2.80. The van der Waals surface area contributed by atoms with E-state index in [-0.39, 0.29) is 17.4 Å². The summed E-state index contributed by atoms with van der Waals surface area (Å²) >= 11 is 0. The van der Waals surface area contributed by atoms with Gasteiger partial charge >= 0.3 is 0 Å². The molecule has 3 aromatic rings. The molecular formula is C25H26N2O4S. The first-order valence-electron chi connectivity index (χ1n) is 10.5. The summed E-state index contributed by atoms with van der Waals surface area (Å²) in [6.45, 7) is 2.14. The Morgan fingerprint density at radius 1 is 0.969 bits per heavy atom. The normalized spacial score (nSPS) is 16.5. The fourth-order valence-electron chi connectivity index (χ4n) is 3.68. The molecule has 0 aliphatic carbocycles. The molecule has 1 aliphatic rings. The van der Waals surface area contributed by atoms with Gasteiger partial charge < -0.3 is 9.74 Å².